The molecule has 62 heavy (non-hydrogen) atoms. The summed E-state index contributed by atoms with van der Waals surface area (Å²) in [4.78, 5) is 33.7. The predicted molar refractivity (Wildman–Crippen MR) is 240 cm³/mol. The number of Topliss-reactive ketones (excluding diaryl/α,β-unsaturated/α-hetero) is 1. The summed E-state index contributed by atoms with van der Waals surface area (Å²) in [5.74, 6) is -1.41. The summed E-state index contributed by atoms with van der Waals surface area (Å²) in [6.07, 6.45) is 2.46. The molecule has 0 saturated heterocycles. The fraction of sp³-hybridized carbons (Fsp3) is 0.188. The molecule has 4 N–H and O–H groups in total. The molecule has 14 heteroatoms. The van der Waals surface area contributed by atoms with Crippen molar-refractivity contribution in [2.75, 3.05) is 16.6 Å². The summed E-state index contributed by atoms with van der Waals surface area (Å²) in [7, 11) is -6.05. The number of hydrogen-bond acceptors (Lipinski definition) is 8. The van der Waals surface area contributed by atoms with Crippen LogP contribution in [0.25, 0.3) is 0 Å². The number of carbonyl (C=O) groups is 3. The standard InChI is InChI=1S/C25H27NO5S.C23H21NO5S/c1-16-15-23(31-4)17(2)18(3)24(16)32(29,30)26-22-8-6-5-7-20(22)12-9-19-10-13-21(14-11-19)25(27)28;1-16(25)18-12-14-21(15-13-18)30(28,29)24-22-5-3-2-4-19(22)9-6-17-7-10-20(11-8-17)23(26)27/h5-8,10-11,13-15,26H,9,12H2,1-4H3,(H,27,28);2-5,7-8,10-15,24H,6,9H2,1H3,(H,26,27). The zero-order valence-corrected chi connectivity index (χ0v) is 36.6. The number of anilines is 2. The van der Waals surface area contributed by atoms with Gasteiger partial charge in [-0.1, -0.05) is 72.8 Å². The highest BCUT2D eigenvalue weighted by Gasteiger charge is 2.24. The number of ether oxygens (including phenoxy) is 1. The van der Waals surface area contributed by atoms with Gasteiger partial charge in [0.2, 0.25) is 0 Å². The first-order valence-corrected chi connectivity index (χ1v) is 22.5. The average Bonchev–Trinajstić information content (AvgIpc) is 3.24. The summed E-state index contributed by atoms with van der Waals surface area (Å²) in [5.41, 5.74) is 7.60. The number of aryl methyl sites for hydroxylation is 5. The van der Waals surface area contributed by atoms with Crippen molar-refractivity contribution in [2.24, 2.45) is 0 Å². The molecular weight excluding hydrogens is 829 g/mol. The van der Waals surface area contributed by atoms with Gasteiger partial charge in [0.1, 0.15) is 5.75 Å². The molecule has 0 saturated carbocycles. The molecule has 0 aromatic heterocycles. The third kappa shape index (κ3) is 11.7. The van der Waals surface area contributed by atoms with Gasteiger partial charge in [0.25, 0.3) is 20.0 Å². The topological polar surface area (TPSA) is 193 Å². The van der Waals surface area contributed by atoms with Crippen LogP contribution >= 0.6 is 0 Å². The van der Waals surface area contributed by atoms with Gasteiger partial charge in [0.05, 0.1) is 39.4 Å². The Labute approximate surface area is 362 Å². The first-order valence-electron chi connectivity index (χ1n) is 19.5. The number of ketones is 1. The van der Waals surface area contributed by atoms with E-state index in [1.54, 1.807) is 99.8 Å². The van der Waals surface area contributed by atoms with Crippen molar-refractivity contribution in [1.29, 1.82) is 0 Å². The normalized spacial score (nSPS) is 11.2. The minimum Gasteiger partial charge on any atom is -0.496 e. The fourth-order valence-electron chi connectivity index (χ4n) is 6.78. The van der Waals surface area contributed by atoms with Gasteiger partial charge in [-0.05, 0) is 147 Å². The zero-order chi connectivity index (χ0) is 45.2. The van der Waals surface area contributed by atoms with Gasteiger partial charge < -0.3 is 14.9 Å². The van der Waals surface area contributed by atoms with Gasteiger partial charge in [-0.3, -0.25) is 14.2 Å². The lowest BCUT2D eigenvalue weighted by Gasteiger charge is -2.18. The van der Waals surface area contributed by atoms with Crippen LogP contribution in [0.1, 0.15) is 76.9 Å². The van der Waals surface area contributed by atoms with Crippen LogP contribution in [0.15, 0.2) is 137 Å². The highest BCUT2D eigenvalue weighted by molar-refractivity contribution is 7.93. The van der Waals surface area contributed by atoms with Gasteiger partial charge in [0.15, 0.2) is 5.78 Å². The molecule has 0 aliphatic carbocycles. The van der Waals surface area contributed by atoms with Crippen molar-refractivity contribution in [3.8, 4) is 5.75 Å². The molecule has 0 fully saturated rings. The van der Waals surface area contributed by atoms with Gasteiger partial charge in [-0.2, -0.15) is 0 Å². The lowest BCUT2D eigenvalue weighted by molar-refractivity contribution is 0.0686. The Kier molecular flexibility index (Phi) is 15.1. The number of carbonyl (C=O) groups excluding carboxylic acids is 1. The zero-order valence-electron chi connectivity index (χ0n) is 34.9. The van der Waals surface area contributed by atoms with Crippen LogP contribution in [-0.4, -0.2) is 51.9 Å². The quantitative estimate of drug-likeness (QED) is 0.0682. The fourth-order valence-corrected chi connectivity index (χ4v) is 9.51. The molecule has 0 aliphatic rings. The molecule has 6 rings (SSSR count). The van der Waals surface area contributed by atoms with E-state index in [0.29, 0.717) is 59.5 Å². The van der Waals surface area contributed by atoms with Gasteiger partial charge in [-0.25, -0.2) is 26.4 Å². The molecular formula is C48H48N2O10S2. The maximum Gasteiger partial charge on any atom is 0.335 e. The minimum absolute atomic E-state index is 0.0755. The number of methoxy groups -OCH3 is 1. The van der Waals surface area contributed by atoms with E-state index >= 15 is 0 Å². The van der Waals surface area contributed by atoms with Crippen molar-refractivity contribution in [3.05, 3.63) is 183 Å². The summed E-state index contributed by atoms with van der Waals surface area (Å²) in [5, 5.41) is 18.0. The van der Waals surface area contributed by atoms with Crippen LogP contribution < -0.4 is 14.2 Å². The molecule has 322 valence electrons. The van der Waals surface area contributed by atoms with Crippen LogP contribution in [-0.2, 0) is 45.7 Å². The number of benzene rings is 6. The van der Waals surface area contributed by atoms with E-state index in [1.807, 2.05) is 31.2 Å². The van der Waals surface area contributed by atoms with Gasteiger partial charge in [-0.15, -0.1) is 0 Å². The number of sulfonamides is 2. The number of nitrogens with one attached hydrogen (secondary N) is 2. The van der Waals surface area contributed by atoms with Crippen molar-refractivity contribution in [1.82, 2.24) is 0 Å². The molecule has 6 aromatic rings. The monoisotopic (exact) mass is 876 g/mol. The first-order chi connectivity index (χ1) is 29.4. The lowest BCUT2D eigenvalue weighted by atomic mass is 10.0. The maximum atomic E-state index is 13.3. The van der Waals surface area contributed by atoms with E-state index in [1.165, 1.54) is 31.2 Å². The van der Waals surface area contributed by atoms with E-state index < -0.39 is 32.0 Å². The van der Waals surface area contributed by atoms with Crippen LogP contribution in [0.3, 0.4) is 0 Å². The van der Waals surface area contributed by atoms with E-state index in [0.717, 1.165) is 27.8 Å². The molecule has 6 aromatic carbocycles. The molecule has 0 aliphatic heterocycles. The highest BCUT2D eigenvalue weighted by atomic mass is 32.2. The maximum absolute atomic E-state index is 13.3. The van der Waals surface area contributed by atoms with Gasteiger partial charge in [0, 0.05) is 5.56 Å². The minimum atomic E-state index is -3.81. The molecule has 0 bridgehead atoms. The Balaban J connectivity index is 0.000000235. The smallest absolute Gasteiger partial charge is 0.335 e. The Morgan fingerprint density at radius 1 is 0.548 bits per heavy atom. The Morgan fingerprint density at radius 3 is 1.39 bits per heavy atom. The third-order valence-electron chi connectivity index (χ3n) is 10.3. The summed E-state index contributed by atoms with van der Waals surface area (Å²) < 4.78 is 62.9. The van der Waals surface area contributed by atoms with Crippen molar-refractivity contribution in [3.63, 3.8) is 0 Å². The second-order valence-electron chi connectivity index (χ2n) is 14.6. The molecule has 0 atom stereocenters. The van der Waals surface area contributed by atoms with Crippen LogP contribution in [0, 0.1) is 20.8 Å². The van der Waals surface area contributed by atoms with E-state index in [9.17, 15) is 31.2 Å². The van der Waals surface area contributed by atoms with E-state index in [4.69, 9.17) is 14.9 Å². The Bertz CT molecular complexity index is 2800. The van der Waals surface area contributed by atoms with Gasteiger partial charge >= 0.3 is 11.9 Å². The van der Waals surface area contributed by atoms with Crippen molar-refractivity contribution in [2.45, 2.75) is 63.2 Å². The highest BCUT2D eigenvalue weighted by Crippen LogP contribution is 2.32. The second kappa shape index (κ2) is 20.2. The molecule has 0 amide bonds. The molecule has 12 nitrogen and oxygen atoms in total. The lowest BCUT2D eigenvalue weighted by Crippen LogP contribution is -2.17. The number of hydrogen-bond donors (Lipinski definition) is 4. The number of aromatic carboxylic acids is 2. The second-order valence-corrected chi connectivity index (χ2v) is 17.9. The first kappa shape index (κ1) is 46.3. The largest absolute Gasteiger partial charge is 0.496 e. The predicted octanol–water partition coefficient (Wildman–Crippen LogP) is 9.08. The van der Waals surface area contributed by atoms with E-state index in [2.05, 4.69) is 9.44 Å². The van der Waals surface area contributed by atoms with Crippen molar-refractivity contribution < 1.29 is 46.2 Å². The SMILES string of the molecule is CC(=O)c1ccc(S(=O)(=O)Nc2ccccc2CCc2ccc(C(=O)O)cc2)cc1.COc1cc(C)c(S(=O)(=O)Nc2ccccc2CCc2ccc(C(=O)O)cc2)c(C)c1C. The summed E-state index contributed by atoms with van der Waals surface area (Å²) in [6.45, 7) is 6.81. The van der Waals surface area contributed by atoms with Crippen LogP contribution in [0.2, 0.25) is 0 Å². The van der Waals surface area contributed by atoms with Crippen molar-refractivity contribution >= 4 is 49.1 Å². The Morgan fingerprint density at radius 2 is 0.968 bits per heavy atom. The van der Waals surface area contributed by atoms with Crippen LogP contribution in [0.5, 0.6) is 5.75 Å². The number of rotatable bonds is 16. The summed E-state index contributed by atoms with van der Waals surface area (Å²) in [6, 6.07) is 35.3. The Hall–Kier alpha value is -6.77. The molecule has 0 unspecified atom stereocenters. The molecule has 0 heterocycles. The molecule has 0 spiro atoms. The van der Waals surface area contributed by atoms with Crippen LogP contribution in [0.4, 0.5) is 11.4 Å². The average molecular weight is 877 g/mol. The van der Waals surface area contributed by atoms with E-state index in [-0.39, 0.29) is 26.7 Å². The number of carboxylic acid groups (broad SMARTS) is 2. The number of carboxylic acids is 2. The number of para-hydroxylation sites is 2. The summed E-state index contributed by atoms with van der Waals surface area (Å²) >= 11 is 0. The molecule has 0 radical (unpaired) electrons. The third-order valence-corrected chi connectivity index (χ3v) is 13.4.